The zero-order valence-electron chi connectivity index (χ0n) is 14.2. The Morgan fingerprint density at radius 1 is 1.21 bits per heavy atom. The average Bonchev–Trinajstić information content (AvgIpc) is 3.02. The first-order chi connectivity index (χ1) is 11.5. The first-order valence-corrected chi connectivity index (χ1v) is 8.56. The number of hydrogen-bond acceptors (Lipinski definition) is 4. The van der Waals surface area contributed by atoms with E-state index in [9.17, 15) is 9.59 Å². The minimum Gasteiger partial charge on any atom is -0.368 e. The van der Waals surface area contributed by atoms with Gasteiger partial charge in [-0.3, -0.25) is 4.79 Å². The Labute approximate surface area is 142 Å². The van der Waals surface area contributed by atoms with Gasteiger partial charge in [0.15, 0.2) is 0 Å². The summed E-state index contributed by atoms with van der Waals surface area (Å²) in [5.74, 6) is 0.629. The van der Waals surface area contributed by atoms with Gasteiger partial charge in [0, 0.05) is 57.6 Å². The molecule has 0 bridgehead atoms. The van der Waals surface area contributed by atoms with Crippen molar-refractivity contribution >= 4 is 11.9 Å². The molecule has 2 aliphatic rings. The molecule has 24 heavy (non-hydrogen) atoms. The van der Waals surface area contributed by atoms with E-state index < -0.39 is 0 Å². The highest BCUT2D eigenvalue weighted by Crippen LogP contribution is 2.26. The summed E-state index contributed by atoms with van der Waals surface area (Å²) >= 11 is 0. The number of nitrogens with two attached hydrogens (primary N) is 1. The van der Waals surface area contributed by atoms with Crippen molar-refractivity contribution < 1.29 is 9.59 Å². The molecule has 8 nitrogen and oxygen atoms in total. The summed E-state index contributed by atoms with van der Waals surface area (Å²) in [6.07, 6.45) is 5.40. The zero-order valence-corrected chi connectivity index (χ0v) is 14.2. The van der Waals surface area contributed by atoms with Gasteiger partial charge in [0.05, 0.1) is 0 Å². The summed E-state index contributed by atoms with van der Waals surface area (Å²) < 4.78 is 1.80. The third kappa shape index (κ3) is 3.69. The lowest BCUT2D eigenvalue weighted by molar-refractivity contribution is -0.118. The van der Waals surface area contributed by atoms with E-state index in [1.54, 1.807) is 17.0 Å². The highest BCUT2D eigenvalue weighted by atomic mass is 16.2. The van der Waals surface area contributed by atoms with Crippen molar-refractivity contribution in [1.82, 2.24) is 24.3 Å². The third-order valence-electron chi connectivity index (χ3n) is 4.90. The van der Waals surface area contributed by atoms with E-state index >= 15 is 0 Å². The van der Waals surface area contributed by atoms with E-state index in [0.29, 0.717) is 6.54 Å². The number of primary amides is 1. The molecule has 0 radical (unpaired) electrons. The number of carbonyl (C=O) groups is 2. The Morgan fingerprint density at radius 2 is 1.96 bits per heavy atom. The van der Waals surface area contributed by atoms with Crippen LogP contribution in [-0.2, 0) is 11.3 Å². The Balaban J connectivity index is 1.65. The van der Waals surface area contributed by atoms with Gasteiger partial charge in [-0.15, -0.1) is 0 Å². The summed E-state index contributed by atoms with van der Waals surface area (Å²) in [5, 5.41) is 0. The van der Waals surface area contributed by atoms with Crippen molar-refractivity contribution in [2.75, 3.05) is 46.3 Å². The van der Waals surface area contributed by atoms with Crippen molar-refractivity contribution in [2.45, 2.75) is 25.3 Å². The van der Waals surface area contributed by atoms with E-state index in [1.165, 1.54) is 0 Å². The summed E-state index contributed by atoms with van der Waals surface area (Å²) in [6, 6.07) is 0.126. The fraction of sp³-hybridized carbons (Fsp3) is 0.688. The SMILES string of the molecule is CN1CCN(C(=O)N2CCC[C@H](c3nccn3CC(N)=O)C2)CC1. The van der Waals surface area contributed by atoms with Gasteiger partial charge in [-0.2, -0.15) is 0 Å². The number of aromatic nitrogens is 2. The van der Waals surface area contributed by atoms with Crippen LogP contribution in [0.25, 0.3) is 0 Å². The first kappa shape index (κ1) is 16.8. The van der Waals surface area contributed by atoms with Crippen LogP contribution in [0.15, 0.2) is 12.4 Å². The number of imidazole rings is 1. The molecular formula is C16H26N6O2. The fourth-order valence-corrected chi connectivity index (χ4v) is 3.54. The Morgan fingerprint density at radius 3 is 2.67 bits per heavy atom. The van der Waals surface area contributed by atoms with E-state index in [1.807, 2.05) is 9.80 Å². The van der Waals surface area contributed by atoms with Crippen molar-refractivity contribution in [3.05, 3.63) is 18.2 Å². The molecule has 8 heteroatoms. The number of urea groups is 1. The minimum atomic E-state index is -0.379. The normalized spacial score (nSPS) is 22.6. The monoisotopic (exact) mass is 334 g/mol. The highest BCUT2D eigenvalue weighted by molar-refractivity contribution is 5.75. The molecule has 2 fully saturated rings. The third-order valence-corrected chi connectivity index (χ3v) is 4.90. The van der Waals surface area contributed by atoms with Gasteiger partial charge in [-0.05, 0) is 19.9 Å². The maximum Gasteiger partial charge on any atom is 0.320 e. The van der Waals surface area contributed by atoms with Crippen LogP contribution in [0.3, 0.4) is 0 Å². The average molecular weight is 334 g/mol. The number of piperidine rings is 1. The maximum absolute atomic E-state index is 12.8. The van der Waals surface area contributed by atoms with Crippen molar-refractivity contribution in [2.24, 2.45) is 5.73 Å². The second-order valence-corrected chi connectivity index (χ2v) is 6.74. The smallest absolute Gasteiger partial charge is 0.320 e. The molecule has 1 aromatic rings. The molecule has 0 saturated carbocycles. The standard InChI is InChI=1S/C16H26N6O2/c1-19-7-9-20(10-8-19)16(24)22-5-2-3-13(11-22)15-18-4-6-21(15)12-14(17)23/h4,6,13H,2-3,5,7-12H2,1H3,(H2,17,23)/t13-/m0/s1. The van der Waals surface area contributed by atoms with Gasteiger partial charge in [0.2, 0.25) is 5.91 Å². The molecule has 2 saturated heterocycles. The number of hydrogen-bond donors (Lipinski definition) is 1. The molecular weight excluding hydrogens is 308 g/mol. The number of nitrogens with zero attached hydrogens (tertiary/aromatic N) is 5. The predicted octanol–water partition coefficient (Wildman–Crippen LogP) is -0.0848. The van der Waals surface area contributed by atoms with Crippen molar-refractivity contribution in [1.29, 1.82) is 0 Å². The highest BCUT2D eigenvalue weighted by Gasteiger charge is 2.30. The molecule has 3 heterocycles. The van der Waals surface area contributed by atoms with Crippen LogP contribution >= 0.6 is 0 Å². The van der Waals surface area contributed by atoms with Crippen LogP contribution in [-0.4, -0.2) is 82.5 Å². The van der Waals surface area contributed by atoms with E-state index in [2.05, 4.69) is 16.9 Å². The molecule has 132 valence electrons. The zero-order chi connectivity index (χ0) is 17.1. The van der Waals surface area contributed by atoms with Gasteiger partial charge in [-0.25, -0.2) is 9.78 Å². The number of likely N-dealkylation sites (tertiary alicyclic amines) is 1. The molecule has 0 unspecified atom stereocenters. The topological polar surface area (TPSA) is 87.7 Å². The summed E-state index contributed by atoms with van der Waals surface area (Å²) in [7, 11) is 2.08. The molecule has 2 N–H and O–H groups in total. The summed E-state index contributed by atoms with van der Waals surface area (Å²) in [5.41, 5.74) is 5.30. The first-order valence-electron chi connectivity index (χ1n) is 8.56. The van der Waals surface area contributed by atoms with Crippen molar-refractivity contribution in [3.8, 4) is 0 Å². The second-order valence-electron chi connectivity index (χ2n) is 6.74. The van der Waals surface area contributed by atoms with Gasteiger partial charge >= 0.3 is 6.03 Å². The quantitative estimate of drug-likeness (QED) is 0.837. The molecule has 0 spiro atoms. The lowest BCUT2D eigenvalue weighted by Crippen LogP contribution is -2.53. The van der Waals surface area contributed by atoms with E-state index in [0.717, 1.165) is 51.4 Å². The Hall–Kier alpha value is -2.09. The number of rotatable bonds is 3. The lowest BCUT2D eigenvalue weighted by atomic mass is 9.97. The second kappa shape index (κ2) is 7.21. The Bertz CT molecular complexity index is 593. The summed E-state index contributed by atoms with van der Waals surface area (Å²) in [4.78, 5) is 34.5. The lowest BCUT2D eigenvalue weighted by Gasteiger charge is -2.39. The van der Waals surface area contributed by atoms with Crippen LogP contribution in [0.1, 0.15) is 24.6 Å². The Kier molecular flexibility index (Phi) is 5.03. The largest absolute Gasteiger partial charge is 0.368 e. The summed E-state index contributed by atoms with van der Waals surface area (Å²) in [6.45, 7) is 5.00. The molecule has 3 rings (SSSR count). The maximum atomic E-state index is 12.8. The van der Waals surface area contributed by atoms with Crippen LogP contribution in [0.2, 0.25) is 0 Å². The number of likely N-dealkylation sites (N-methyl/N-ethyl adjacent to an activating group) is 1. The molecule has 1 atom stereocenters. The van der Waals surface area contributed by atoms with Gasteiger partial charge in [-0.1, -0.05) is 0 Å². The molecule has 2 aliphatic heterocycles. The van der Waals surface area contributed by atoms with Crippen molar-refractivity contribution in [3.63, 3.8) is 0 Å². The van der Waals surface area contributed by atoms with E-state index in [-0.39, 0.29) is 24.4 Å². The fourth-order valence-electron chi connectivity index (χ4n) is 3.54. The van der Waals surface area contributed by atoms with Crippen LogP contribution in [0.5, 0.6) is 0 Å². The van der Waals surface area contributed by atoms with Crippen LogP contribution in [0.4, 0.5) is 4.79 Å². The van der Waals surface area contributed by atoms with Crippen LogP contribution in [0, 0.1) is 0 Å². The number of piperazine rings is 1. The molecule has 3 amide bonds. The van der Waals surface area contributed by atoms with E-state index in [4.69, 9.17) is 5.73 Å². The van der Waals surface area contributed by atoms with Crippen LogP contribution < -0.4 is 5.73 Å². The number of carbonyl (C=O) groups excluding carboxylic acids is 2. The van der Waals surface area contributed by atoms with Gasteiger partial charge in [0.1, 0.15) is 12.4 Å². The molecule has 0 aliphatic carbocycles. The van der Waals surface area contributed by atoms with Gasteiger partial charge in [0.25, 0.3) is 0 Å². The molecule has 1 aromatic heterocycles. The number of amides is 3. The molecule has 0 aromatic carbocycles. The predicted molar refractivity (Wildman–Crippen MR) is 89.4 cm³/mol. The minimum absolute atomic E-state index is 0.126. The van der Waals surface area contributed by atoms with Gasteiger partial charge < -0.3 is 25.0 Å².